The predicted molar refractivity (Wildman–Crippen MR) is 46.8 cm³/mol. The average Bonchev–Trinajstić information content (AvgIpc) is 2.52. The monoisotopic (exact) mass is 171 g/mol. The molecule has 1 atom stereocenters. The molecular formula is C7H13N3S. The Labute approximate surface area is 71.2 Å². The quantitative estimate of drug-likeness (QED) is 0.736. The van der Waals surface area contributed by atoms with Crippen LogP contribution in [0.2, 0.25) is 0 Å². The van der Waals surface area contributed by atoms with E-state index in [0.29, 0.717) is 6.04 Å². The first-order valence-corrected chi connectivity index (χ1v) is 4.49. The van der Waals surface area contributed by atoms with Crippen LogP contribution in [0.3, 0.4) is 0 Å². The van der Waals surface area contributed by atoms with E-state index in [4.69, 9.17) is 0 Å². The van der Waals surface area contributed by atoms with Gasteiger partial charge in [-0.15, -0.1) is 0 Å². The minimum Gasteiger partial charge on any atom is -0.317 e. The number of nitrogens with one attached hydrogen (secondary N) is 1. The lowest BCUT2D eigenvalue weighted by Gasteiger charge is -2.06. The Balaban J connectivity index is 2.23. The molecule has 0 aliphatic rings. The zero-order valence-corrected chi connectivity index (χ0v) is 7.69. The molecular weight excluding hydrogens is 158 g/mol. The van der Waals surface area contributed by atoms with E-state index in [-0.39, 0.29) is 0 Å². The fourth-order valence-electron chi connectivity index (χ4n) is 0.803. The zero-order chi connectivity index (χ0) is 8.10. The molecule has 0 amide bonds. The van der Waals surface area contributed by atoms with Crippen LogP contribution in [0, 0.1) is 0 Å². The Kier molecular flexibility index (Phi) is 3.45. The molecule has 0 saturated carbocycles. The van der Waals surface area contributed by atoms with Gasteiger partial charge >= 0.3 is 0 Å². The summed E-state index contributed by atoms with van der Waals surface area (Å²) in [5.41, 5.74) is 1.11. The lowest BCUT2D eigenvalue weighted by Crippen LogP contribution is -2.21. The van der Waals surface area contributed by atoms with Gasteiger partial charge in [-0.2, -0.15) is 8.75 Å². The van der Waals surface area contributed by atoms with Gasteiger partial charge in [0.05, 0.1) is 23.6 Å². The van der Waals surface area contributed by atoms with E-state index in [9.17, 15) is 0 Å². The molecule has 0 aromatic carbocycles. The summed E-state index contributed by atoms with van der Waals surface area (Å²) in [6, 6.07) is 0.566. The number of rotatable bonds is 4. The van der Waals surface area contributed by atoms with Crippen LogP contribution in [0.5, 0.6) is 0 Å². The smallest absolute Gasteiger partial charge is 0.0743 e. The van der Waals surface area contributed by atoms with Gasteiger partial charge in [0.25, 0.3) is 0 Å². The molecule has 0 fully saturated rings. The highest BCUT2D eigenvalue weighted by Crippen LogP contribution is 2.01. The van der Waals surface area contributed by atoms with Crippen molar-refractivity contribution in [1.29, 1.82) is 0 Å². The first kappa shape index (κ1) is 8.62. The van der Waals surface area contributed by atoms with Gasteiger partial charge in [-0.3, -0.25) is 0 Å². The fourth-order valence-corrected chi connectivity index (χ4v) is 1.26. The molecule has 1 aromatic heterocycles. The average molecular weight is 171 g/mol. The van der Waals surface area contributed by atoms with Gasteiger partial charge in [-0.25, -0.2) is 0 Å². The molecule has 0 bridgehead atoms. The summed E-state index contributed by atoms with van der Waals surface area (Å²) in [7, 11) is 1.98. The van der Waals surface area contributed by atoms with Crippen LogP contribution in [-0.4, -0.2) is 21.8 Å². The predicted octanol–water partition coefficient (Wildman–Crippen LogP) is 1.08. The third-order valence-electron chi connectivity index (χ3n) is 1.73. The van der Waals surface area contributed by atoms with E-state index in [1.165, 1.54) is 11.7 Å². The third kappa shape index (κ3) is 2.95. The molecule has 1 rings (SSSR count). The van der Waals surface area contributed by atoms with Crippen molar-refractivity contribution in [3.63, 3.8) is 0 Å². The summed E-state index contributed by atoms with van der Waals surface area (Å²) in [6.45, 7) is 2.17. The zero-order valence-electron chi connectivity index (χ0n) is 6.87. The van der Waals surface area contributed by atoms with Crippen molar-refractivity contribution < 1.29 is 0 Å². The van der Waals surface area contributed by atoms with Crippen LogP contribution in [-0.2, 0) is 6.42 Å². The number of nitrogens with zero attached hydrogens (tertiary/aromatic N) is 2. The molecule has 62 valence electrons. The normalized spacial score (nSPS) is 13.3. The summed E-state index contributed by atoms with van der Waals surface area (Å²) in [4.78, 5) is 0. The molecule has 1 N–H and O–H groups in total. The van der Waals surface area contributed by atoms with Gasteiger partial charge in [0, 0.05) is 6.04 Å². The summed E-state index contributed by atoms with van der Waals surface area (Å²) in [6.07, 6.45) is 3.99. The number of aromatic nitrogens is 2. The SMILES string of the molecule is CNC(C)CCc1cnsn1. The van der Waals surface area contributed by atoms with Gasteiger partial charge in [0.2, 0.25) is 0 Å². The van der Waals surface area contributed by atoms with Crippen LogP contribution in [0.1, 0.15) is 19.0 Å². The Morgan fingerprint density at radius 2 is 2.55 bits per heavy atom. The molecule has 0 saturated heterocycles. The molecule has 1 unspecified atom stereocenters. The van der Waals surface area contributed by atoms with E-state index >= 15 is 0 Å². The first-order chi connectivity index (χ1) is 5.33. The number of aryl methyl sites for hydroxylation is 1. The van der Waals surface area contributed by atoms with E-state index in [1.807, 2.05) is 13.2 Å². The van der Waals surface area contributed by atoms with Crippen LogP contribution in [0.15, 0.2) is 6.20 Å². The Hall–Kier alpha value is -0.480. The van der Waals surface area contributed by atoms with Crippen LogP contribution in [0.25, 0.3) is 0 Å². The van der Waals surface area contributed by atoms with E-state index in [2.05, 4.69) is 21.0 Å². The van der Waals surface area contributed by atoms with Crippen molar-refractivity contribution in [3.8, 4) is 0 Å². The highest BCUT2D eigenvalue weighted by atomic mass is 32.1. The van der Waals surface area contributed by atoms with Gasteiger partial charge < -0.3 is 5.32 Å². The van der Waals surface area contributed by atoms with Gasteiger partial charge in [-0.1, -0.05) is 0 Å². The Morgan fingerprint density at radius 3 is 3.09 bits per heavy atom. The van der Waals surface area contributed by atoms with Crippen LogP contribution >= 0.6 is 11.7 Å². The minimum absolute atomic E-state index is 0.566. The topological polar surface area (TPSA) is 37.8 Å². The largest absolute Gasteiger partial charge is 0.317 e. The van der Waals surface area contributed by atoms with E-state index < -0.39 is 0 Å². The molecule has 1 aromatic rings. The third-order valence-corrected chi connectivity index (χ3v) is 2.25. The number of hydrogen-bond donors (Lipinski definition) is 1. The standard InChI is InChI=1S/C7H13N3S/c1-6(8-2)3-4-7-5-9-11-10-7/h5-6,8H,3-4H2,1-2H3. The van der Waals surface area contributed by atoms with Crippen molar-refractivity contribution in [2.45, 2.75) is 25.8 Å². The van der Waals surface area contributed by atoms with Crippen molar-refractivity contribution >= 4 is 11.7 Å². The molecule has 0 spiro atoms. The molecule has 1 heterocycles. The molecule has 3 nitrogen and oxygen atoms in total. The van der Waals surface area contributed by atoms with Crippen molar-refractivity contribution in [3.05, 3.63) is 11.9 Å². The Bertz CT molecular complexity index is 186. The lowest BCUT2D eigenvalue weighted by atomic mass is 10.1. The molecule has 0 aliphatic carbocycles. The highest BCUT2D eigenvalue weighted by Gasteiger charge is 2.00. The highest BCUT2D eigenvalue weighted by molar-refractivity contribution is 6.99. The number of hydrogen-bond acceptors (Lipinski definition) is 4. The van der Waals surface area contributed by atoms with Gasteiger partial charge in [0.1, 0.15) is 0 Å². The van der Waals surface area contributed by atoms with E-state index in [1.54, 1.807) is 0 Å². The second-order valence-corrected chi connectivity index (χ2v) is 3.18. The summed E-state index contributed by atoms with van der Waals surface area (Å²) in [5, 5.41) is 3.18. The summed E-state index contributed by atoms with van der Waals surface area (Å²) in [5.74, 6) is 0. The van der Waals surface area contributed by atoms with Crippen molar-refractivity contribution in [1.82, 2.24) is 14.1 Å². The van der Waals surface area contributed by atoms with Gasteiger partial charge in [-0.05, 0) is 26.8 Å². The van der Waals surface area contributed by atoms with E-state index in [0.717, 1.165) is 18.5 Å². The maximum atomic E-state index is 4.13. The maximum absolute atomic E-state index is 4.13. The second-order valence-electron chi connectivity index (χ2n) is 2.63. The van der Waals surface area contributed by atoms with Crippen LogP contribution in [0.4, 0.5) is 0 Å². The summed E-state index contributed by atoms with van der Waals surface area (Å²) >= 11 is 1.28. The summed E-state index contributed by atoms with van der Waals surface area (Å²) < 4.78 is 8.06. The molecule has 0 aliphatic heterocycles. The lowest BCUT2D eigenvalue weighted by molar-refractivity contribution is 0.562. The minimum atomic E-state index is 0.566. The molecule has 4 heteroatoms. The van der Waals surface area contributed by atoms with Crippen molar-refractivity contribution in [2.24, 2.45) is 0 Å². The van der Waals surface area contributed by atoms with Gasteiger partial charge in [0.15, 0.2) is 0 Å². The second kappa shape index (κ2) is 4.41. The first-order valence-electron chi connectivity index (χ1n) is 3.76. The maximum Gasteiger partial charge on any atom is 0.0743 e. The van der Waals surface area contributed by atoms with Crippen LogP contribution < -0.4 is 5.32 Å². The molecule has 11 heavy (non-hydrogen) atoms. The molecule has 0 radical (unpaired) electrons. The van der Waals surface area contributed by atoms with Crippen molar-refractivity contribution in [2.75, 3.05) is 7.05 Å². The fraction of sp³-hybridized carbons (Fsp3) is 0.714. The Morgan fingerprint density at radius 1 is 1.73 bits per heavy atom.